The van der Waals surface area contributed by atoms with E-state index in [2.05, 4.69) is 17.2 Å². The minimum atomic E-state index is -2.80. The van der Waals surface area contributed by atoms with Gasteiger partial charge >= 0.3 is 0 Å². The molecule has 1 N–H and O–H groups in total. The molecule has 2 nitrogen and oxygen atoms in total. The minimum absolute atomic E-state index is 0. The molecule has 18 heavy (non-hydrogen) atoms. The first-order chi connectivity index (χ1) is 7.98. The van der Waals surface area contributed by atoms with Crippen LogP contribution in [0.15, 0.2) is 18.3 Å². The number of nitrogens with zero attached hydrogens (tertiary/aromatic N) is 1. The van der Waals surface area contributed by atoms with Crippen molar-refractivity contribution in [1.82, 2.24) is 10.3 Å². The summed E-state index contributed by atoms with van der Waals surface area (Å²) in [6, 6.07) is 3.25. The normalized spacial score (nSPS) is 24.4. The van der Waals surface area contributed by atoms with Gasteiger partial charge in [-0.1, -0.05) is 6.92 Å². The predicted molar refractivity (Wildman–Crippen MR) is 70.4 cm³/mol. The van der Waals surface area contributed by atoms with Crippen LogP contribution < -0.4 is 5.32 Å². The summed E-state index contributed by atoms with van der Waals surface area (Å²) in [5, 5.41) is 3.32. The van der Waals surface area contributed by atoms with E-state index in [9.17, 15) is 8.78 Å². The van der Waals surface area contributed by atoms with E-state index in [0.29, 0.717) is 11.8 Å². The number of aromatic nitrogens is 1. The number of alkyl halides is 2. The Hall–Kier alpha value is -0.740. The molecule has 0 spiro atoms. The third kappa shape index (κ3) is 3.39. The number of halogens is 3. The van der Waals surface area contributed by atoms with E-state index in [1.807, 2.05) is 0 Å². The van der Waals surface area contributed by atoms with Crippen molar-refractivity contribution in [3.8, 4) is 0 Å². The first kappa shape index (κ1) is 15.3. The molecule has 2 unspecified atom stereocenters. The van der Waals surface area contributed by atoms with Crippen LogP contribution in [-0.2, 0) is 5.92 Å². The molecule has 102 valence electrons. The molecule has 1 aliphatic heterocycles. The van der Waals surface area contributed by atoms with Crippen LogP contribution in [0.25, 0.3) is 0 Å². The van der Waals surface area contributed by atoms with Crippen molar-refractivity contribution in [1.29, 1.82) is 0 Å². The highest BCUT2D eigenvalue weighted by molar-refractivity contribution is 5.85. The van der Waals surface area contributed by atoms with Crippen molar-refractivity contribution in [3.63, 3.8) is 0 Å². The summed E-state index contributed by atoms with van der Waals surface area (Å²) in [7, 11) is 0. The Kier molecular flexibility index (Phi) is 5.05. The molecular formula is C13H19ClF2N2. The molecule has 2 rings (SSSR count). The third-order valence-corrected chi connectivity index (χ3v) is 3.46. The van der Waals surface area contributed by atoms with E-state index in [1.54, 1.807) is 6.07 Å². The Bertz CT molecular complexity index is 376. The van der Waals surface area contributed by atoms with Crippen LogP contribution in [0.4, 0.5) is 8.78 Å². The Labute approximate surface area is 113 Å². The number of piperidine rings is 1. The predicted octanol–water partition coefficient (Wildman–Crippen LogP) is 3.33. The summed E-state index contributed by atoms with van der Waals surface area (Å²) in [4.78, 5) is 4.21. The Morgan fingerprint density at radius 3 is 2.61 bits per heavy atom. The van der Waals surface area contributed by atoms with Gasteiger partial charge in [-0.25, -0.2) is 8.78 Å². The van der Waals surface area contributed by atoms with Gasteiger partial charge in [-0.2, -0.15) is 0 Å². The van der Waals surface area contributed by atoms with Crippen LogP contribution in [0.2, 0.25) is 0 Å². The maximum absolute atomic E-state index is 13.1. The molecule has 0 aliphatic carbocycles. The minimum Gasteiger partial charge on any atom is -0.316 e. The van der Waals surface area contributed by atoms with Crippen LogP contribution in [0.1, 0.15) is 37.4 Å². The SMILES string of the molecule is CC1CNCCC1c1ccc(C(C)(F)F)cn1.Cl. The number of nitrogens with one attached hydrogen (secondary N) is 1. The molecular weight excluding hydrogens is 258 g/mol. The van der Waals surface area contributed by atoms with Crippen molar-refractivity contribution in [3.05, 3.63) is 29.6 Å². The molecule has 1 aliphatic rings. The average Bonchev–Trinajstić information content (AvgIpc) is 2.29. The molecule has 0 aromatic carbocycles. The van der Waals surface area contributed by atoms with Crippen LogP contribution in [0.3, 0.4) is 0 Å². The topological polar surface area (TPSA) is 24.9 Å². The largest absolute Gasteiger partial charge is 0.316 e. The highest BCUT2D eigenvalue weighted by Gasteiger charge is 2.27. The first-order valence-corrected chi connectivity index (χ1v) is 6.03. The van der Waals surface area contributed by atoms with E-state index in [-0.39, 0.29) is 18.0 Å². The van der Waals surface area contributed by atoms with E-state index in [1.165, 1.54) is 12.3 Å². The van der Waals surface area contributed by atoms with Crippen molar-refractivity contribution in [2.45, 2.75) is 32.1 Å². The monoisotopic (exact) mass is 276 g/mol. The molecule has 1 saturated heterocycles. The number of hydrogen-bond acceptors (Lipinski definition) is 2. The zero-order valence-electron chi connectivity index (χ0n) is 10.6. The summed E-state index contributed by atoms with van der Waals surface area (Å²) in [6.07, 6.45) is 2.33. The van der Waals surface area contributed by atoms with Gasteiger partial charge in [0.05, 0.1) is 0 Å². The molecule has 0 radical (unpaired) electrons. The van der Waals surface area contributed by atoms with E-state index in [4.69, 9.17) is 0 Å². The van der Waals surface area contributed by atoms with Crippen molar-refractivity contribution in [2.75, 3.05) is 13.1 Å². The van der Waals surface area contributed by atoms with Crippen molar-refractivity contribution in [2.24, 2.45) is 5.92 Å². The molecule has 5 heteroatoms. The fourth-order valence-electron chi connectivity index (χ4n) is 2.34. The maximum atomic E-state index is 13.1. The van der Waals surface area contributed by atoms with Crippen molar-refractivity contribution < 1.29 is 8.78 Å². The molecule has 1 aromatic heterocycles. The van der Waals surface area contributed by atoms with E-state index in [0.717, 1.165) is 32.1 Å². The second kappa shape index (κ2) is 5.93. The van der Waals surface area contributed by atoms with Crippen LogP contribution in [0, 0.1) is 5.92 Å². The Balaban J connectivity index is 0.00000162. The van der Waals surface area contributed by atoms with Crippen LogP contribution in [-0.4, -0.2) is 18.1 Å². The van der Waals surface area contributed by atoms with E-state index >= 15 is 0 Å². The number of rotatable bonds is 2. The van der Waals surface area contributed by atoms with Gasteiger partial charge in [0.1, 0.15) is 0 Å². The van der Waals surface area contributed by atoms with Gasteiger partial charge in [0.2, 0.25) is 0 Å². The molecule has 2 atom stereocenters. The second-order valence-corrected chi connectivity index (χ2v) is 4.94. The smallest absolute Gasteiger partial charge is 0.272 e. The van der Waals surface area contributed by atoms with Crippen molar-refractivity contribution >= 4 is 12.4 Å². The zero-order chi connectivity index (χ0) is 12.5. The van der Waals surface area contributed by atoms with Crippen LogP contribution >= 0.6 is 12.4 Å². The lowest BCUT2D eigenvalue weighted by Gasteiger charge is -2.29. The highest BCUT2D eigenvalue weighted by Crippen LogP contribution is 2.31. The van der Waals surface area contributed by atoms with Gasteiger partial charge in [-0.3, -0.25) is 4.98 Å². The maximum Gasteiger partial charge on any atom is 0.272 e. The standard InChI is InChI=1S/C13H18F2N2.ClH/c1-9-7-16-6-5-11(9)12-4-3-10(8-17-12)13(2,14)15;/h3-4,8-9,11,16H,5-7H2,1-2H3;1H. The first-order valence-electron chi connectivity index (χ1n) is 6.03. The molecule has 2 heterocycles. The lowest BCUT2D eigenvalue weighted by molar-refractivity contribution is 0.0170. The van der Waals surface area contributed by atoms with Gasteiger partial charge in [-0.15, -0.1) is 12.4 Å². The molecule has 1 fully saturated rings. The zero-order valence-corrected chi connectivity index (χ0v) is 11.4. The molecule has 0 saturated carbocycles. The molecule has 0 bridgehead atoms. The average molecular weight is 277 g/mol. The molecule has 1 aromatic rings. The Morgan fingerprint density at radius 2 is 2.11 bits per heavy atom. The second-order valence-electron chi connectivity index (χ2n) is 4.94. The summed E-state index contributed by atoms with van der Waals surface area (Å²) in [5.74, 6) is -1.91. The third-order valence-electron chi connectivity index (χ3n) is 3.46. The van der Waals surface area contributed by atoms with Gasteiger partial charge < -0.3 is 5.32 Å². The summed E-state index contributed by atoms with van der Waals surface area (Å²) in [6.45, 7) is 5.01. The highest BCUT2D eigenvalue weighted by atomic mass is 35.5. The van der Waals surface area contributed by atoms with E-state index < -0.39 is 5.92 Å². The van der Waals surface area contributed by atoms with Gasteiger partial charge in [0.15, 0.2) is 0 Å². The molecule has 0 amide bonds. The fourth-order valence-corrected chi connectivity index (χ4v) is 2.34. The lowest BCUT2D eigenvalue weighted by Crippen LogP contribution is -2.34. The number of hydrogen-bond donors (Lipinski definition) is 1. The summed E-state index contributed by atoms with van der Waals surface area (Å²) in [5.41, 5.74) is 0.926. The fraction of sp³-hybridized carbons (Fsp3) is 0.615. The quantitative estimate of drug-likeness (QED) is 0.896. The number of pyridine rings is 1. The Morgan fingerprint density at radius 1 is 1.39 bits per heavy atom. The van der Waals surface area contributed by atoms with Crippen LogP contribution in [0.5, 0.6) is 0 Å². The summed E-state index contributed by atoms with van der Waals surface area (Å²) >= 11 is 0. The van der Waals surface area contributed by atoms with Gasteiger partial charge in [0, 0.05) is 30.3 Å². The van der Waals surface area contributed by atoms with Gasteiger partial charge in [0.25, 0.3) is 5.92 Å². The van der Waals surface area contributed by atoms with Gasteiger partial charge in [-0.05, 0) is 37.6 Å². The summed E-state index contributed by atoms with van der Waals surface area (Å²) < 4.78 is 26.1. The lowest BCUT2D eigenvalue weighted by atomic mass is 9.85.